The molecule has 2 saturated carbocycles. The first-order valence-corrected chi connectivity index (χ1v) is 16.5. The molecule has 5 heteroatoms. The molecule has 3 aromatic carbocycles. The highest BCUT2D eigenvalue weighted by Crippen LogP contribution is 2.39. The third kappa shape index (κ3) is 4.21. The molecule has 1 aliphatic heterocycles. The topological polar surface area (TPSA) is 40.6 Å². The van der Waals surface area contributed by atoms with Gasteiger partial charge < -0.3 is 4.57 Å². The summed E-state index contributed by atoms with van der Waals surface area (Å²) in [5, 5.41) is 3.47. The van der Waals surface area contributed by atoms with Gasteiger partial charge in [0.1, 0.15) is 6.04 Å². The predicted molar refractivity (Wildman–Crippen MR) is 155 cm³/mol. The third-order valence-corrected chi connectivity index (χ3v) is 13.9. The molecule has 0 aromatic heterocycles. The molecule has 3 aliphatic rings. The number of urea groups is 1. The maximum Gasteiger partial charge on any atom is 0.320 e. The zero-order chi connectivity index (χ0) is 26.0. The van der Waals surface area contributed by atoms with Crippen LogP contribution in [0.2, 0.25) is 0 Å². The first-order valence-electron chi connectivity index (χ1n) is 14.6. The largest absolute Gasteiger partial charge is 0.327 e. The number of carbonyl (C=O) groups is 2. The smallest absolute Gasteiger partial charge is 0.320 e. The summed E-state index contributed by atoms with van der Waals surface area (Å²) in [7, 11) is -3.13. The fourth-order valence-corrected chi connectivity index (χ4v) is 12.4. The Morgan fingerprint density at radius 2 is 0.974 bits per heavy atom. The molecule has 3 fully saturated rings. The average molecular weight is 523 g/mol. The molecule has 38 heavy (non-hydrogen) atoms. The standard InChI is InChI=1S/C33H38N2O2Si/c36-32-31(26-16-6-1-7-17-26)35(33(37)34(32)27-18-8-2-9-19-27)38(28-20-10-3-11-21-28,29-22-12-4-13-23-29)30-24-14-5-15-25-30/h3-5,10-15,20-27,31H,1-2,6-9,16-19H2. The molecule has 4 nitrogen and oxygen atoms in total. The molecule has 196 valence electrons. The van der Waals surface area contributed by atoms with E-state index in [2.05, 4.69) is 77.4 Å². The fourth-order valence-electron chi connectivity index (χ4n) is 7.43. The molecule has 1 unspecified atom stereocenters. The van der Waals surface area contributed by atoms with E-state index in [1.165, 1.54) is 12.8 Å². The van der Waals surface area contributed by atoms with E-state index in [1.54, 1.807) is 4.90 Å². The van der Waals surface area contributed by atoms with Crippen molar-refractivity contribution >= 4 is 35.7 Å². The Labute approximate surface area is 227 Å². The van der Waals surface area contributed by atoms with Crippen LogP contribution in [-0.4, -0.2) is 41.7 Å². The molecule has 3 aromatic rings. The van der Waals surface area contributed by atoms with Crippen LogP contribution in [0, 0.1) is 5.92 Å². The van der Waals surface area contributed by atoms with Gasteiger partial charge in [0, 0.05) is 6.04 Å². The summed E-state index contributed by atoms with van der Waals surface area (Å²) >= 11 is 0. The van der Waals surface area contributed by atoms with Crippen molar-refractivity contribution in [2.75, 3.05) is 0 Å². The van der Waals surface area contributed by atoms with E-state index in [0.717, 1.165) is 66.9 Å². The quantitative estimate of drug-likeness (QED) is 0.254. The Balaban J connectivity index is 1.62. The van der Waals surface area contributed by atoms with Gasteiger partial charge in [0.25, 0.3) is 14.1 Å². The maximum atomic E-state index is 14.9. The Kier molecular flexibility index (Phi) is 7.20. The zero-order valence-electron chi connectivity index (χ0n) is 22.2. The van der Waals surface area contributed by atoms with Crippen LogP contribution in [-0.2, 0) is 4.79 Å². The first-order chi connectivity index (χ1) is 18.7. The number of hydrogen-bond acceptors (Lipinski definition) is 2. The van der Waals surface area contributed by atoms with Crippen LogP contribution in [0.4, 0.5) is 4.79 Å². The Hall–Kier alpha value is -3.18. The summed E-state index contributed by atoms with van der Waals surface area (Å²) in [5.74, 6) is 0.269. The first kappa shape index (κ1) is 25.1. The third-order valence-electron chi connectivity index (χ3n) is 9.15. The average Bonchev–Trinajstić information content (AvgIpc) is 3.26. The lowest BCUT2D eigenvalue weighted by atomic mass is 9.83. The summed E-state index contributed by atoms with van der Waals surface area (Å²) in [5.41, 5.74) is 0. The van der Waals surface area contributed by atoms with E-state index in [9.17, 15) is 9.59 Å². The van der Waals surface area contributed by atoms with Crippen LogP contribution in [0.25, 0.3) is 0 Å². The summed E-state index contributed by atoms with van der Waals surface area (Å²) in [4.78, 5) is 31.2. The van der Waals surface area contributed by atoms with Crippen molar-refractivity contribution in [2.24, 2.45) is 5.92 Å². The number of rotatable bonds is 6. The molecule has 6 rings (SSSR count). The lowest BCUT2D eigenvalue weighted by molar-refractivity contribution is -0.131. The minimum Gasteiger partial charge on any atom is -0.327 e. The molecular weight excluding hydrogens is 484 g/mol. The summed E-state index contributed by atoms with van der Waals surface area (Å²) in [6.07, 6.45) is 10.8. The van der Waals surface area contributed by atoms with Crippen LogP contribution in [0.3, 0.4) is 0 Å². The van der Waals surface area contributed by atoms with Gasteiger partial charge in [-0.05, 0) is 47.2 Å². The minimum absolute atomic E-state index is 0.0221. The molecule has 2 aliphatic carbocycles. The Morgan fingerprint density at radius 3 is 1.42 bits per heavy atom. The van der Waals surface area contributed by atoms with Crippen LogP contribution >= 0.6 is 0 Å². The van der Waals surface area contributed by atoms with Crippen molar-refractivity contribution in [1.29, 1.82) is 0 Å². The maximum absolute atomic E-state index is 14.9. The second kappa shape index (κ2) is 10.9. The van der Waals surface area contributed by atoms with Crippen molar-refractivity contribution < 1.29 is 9.59 Å². The van der Waals surface area contributed by atoms with Gasteiger partial charge in [-0.3, -0.25) is 9.69 Å². The van der Waals surface area contributed by atoms with Crippen LogP contribution in [0.15, 0.2) is 91.0 Å². The molecule has 0 spiro atoms. The van der Waals surface area contributed by atoms with Gasteiger partial charge in [-0.2, -0.15) is 0 Å². The molecule has 1 atom stereocenters. The van der Waals surface area contributed by atoms with Gasteiger partial charge in [0.05, 0.1) is 0 Å². The molecule has 0 bridgehead atoms. The lowest BCUT2D eigenvalue weighted by Crippen LogP contribution is -2.79. The normalized spacial score (nSPS) is 21.7. The van der Waals surface area contributed by atoms with Crippen molar-refractivity contribution in [3.8, 4) is 0 Å². The van der Waals surface area contributed by atoms with Gasteiger partial charge in [0.15, 0.2) is 0 Å². The highest BCUT2D eigenvalue weighted by Gasteiger charge is 2.61. The number of amides is 3. The van der Waals surface area contributed by atoms with E-state index in [4.69, 9.17) is 0 Å². The number of carbonyl (C=O) groups excluding carboxylic acids is 2. The second-order valence-electron chi connectivity index (χ2n) is 11.3. The summed E-state index contributed by atoms with van der Waals surface area (Å²) in [6, 6.07) is 31.3. The number of nitrogens with zero attached hydrogens (tertiary/aromatic N) is 2. The summed E-state index contributed by atoms with van der Waals surface area (Å²) < 4.78 is 2.17. The van der Waals surface area contributed by atoms with Crippen LogP contribution < -0.4 is 15.6 Å². The van der Waals surface area contributed by atoms with Gasteiger partial charge in [0.2, 0.25) is 0 Å². The Morgan fingerprint density at radius 1 is 0.553 bits per heavy atom. The molecular formula is C33H38N2O2Si. The van der Waals surface area contributed by atoms with E-state index in [1.807, 2.05) is 18.2 Å². The van der Waals surface area contributed by atoms with E-state index < -0.39 is 14.3 Å². The molecule has 0 radical (unpaired) electrons. The van der Waals surface area contributed by atoms with Crippen molar-refractivity contribution in [3.63, 3.8) is 0 Å². The SMILES string of the molecule is O=C1C(C2CCCCC2)N([Si](c2ccccc2)(c2ccccc2)c2ccccc2)C(=O)N1C1CCCCC1. The number of imide groups is 1. The fraction of sp³-hybridized carbons (Fsp3) is 0.394. The predicted octanol–water partition coefficient (Wildman–Crippen LogP) is 5.20. The molecule has 0 N–H and O–H groups in total. The number of hydrogen-bond donors (Lipinski definition) is 0. The molecule has 1 saturated heterocycles. The lowest BCUT2D eigenvalue weighted by Gasteiger charge is -2.45. The number of benzene rings is 3. The van der Waals surface area contributed by atoms with Crippen molar-refractivity contribution in [2.45, 2.75) is 76.3 Å². The van der Waals surface area contributed by atoms with Crippen LogP contribution in [0.5, 0.6) is 0 Å². The second-order valence-corrected chi connectivity index (χ2v) is 14.9. The van der Waals surface area contributed by atoms with Crippen molar-refractivity contribution in [3.05, 3.63) is 91.0 Å². The Bertz CT molecular complexity index is 1140. The molecule has 1 heterocycles. The molecule has 3 amide bonds. The van der Waals surface area contributed by atoms with E-state index in [0.29, 0.717) is 0 Å². The zero-order valence-corrected chi connectivity index (χ0v) is 23.2. The summed E-state index contributed by atoms with van der Waals surface area (Å²) in [6.45, 7) is 0. The van der Waals surface area contributed by atoms with Crippen LogP contribution in [0.1, 0.15) is 64.2 Å². The highest BCUT2D eigenvalue weighted by atomic mass is 28.3. The van der Waals surface area contributed by atoms with Gasteiger partial charge in [-0.1, -0.05) is 130 Å². The van der Waals surface area contributed by atoms with Gasteiger partial charge in [-0.15, -0.1) is 0 Å². The van der Waals surface area contributed by atoms with E-state index in [-0.39, 0.29) is 23.9 Å². The minimum atomic E-state index is -3.13. The van der Waals surface area contributed by atoms with E-state index >= 15 is 0 Å². The highest BCUT2D eigenvalue weighted by molar-refractivity contribution is 7.10. The van der Waals surface area contributed by atoms with Gasteiger partial charge in [-0.25, -0.2) is 4.79 Å². The van der Waals surface area contributed by atoms with Crippen molar-refractivity contribution in [1.82, 2.24) is 9.47 Å². The van der Waals surface area contributed by atoms with Gasteiger partial charge >= 0.3 is 6.03 Å². The monoisotopic (exact) mass is 522 g/mol.